The smallest absolute Gasteiger partial charge is 0.128 e. The Kier molecular flexibility index (Phi) is 8.54. The van der Waals surface area contributed by atoms with Gasteiger partial charge in [0.1, 0.15) is 5.75 Å². The Morgan fingerprint density at radius 2 is 1.41 bits per heavy atom. The first-order valence-electron chi connectivity index (χ1n) is 14.4. The number of rotatable bonds is 7. The van der Waals surface area contributed by atoms with Crippen molar-refractivity contribution in [3.8, 4) is 39.5 Å². The zero-order chi connectivity index (χ0) is 29.2. The molecule has 0 spiro atoms. The number of aromatic nitrogens is 3. The van der Waals surface area contributed by atoms with Gasteiger partial charge in [0.05, 0.1) is 11.5 Å². The van der Waals surface area contributed by atoms with Crippen molar-refractivity contribution in [3.63, 3.8) is 0 Å². The van der Waals surface area contributed by atoms with E-state index >= 15 is 0 Å². The summed E-state index contributed by atoms with van der Waals surface area (Å²) in [5, 5.41) is 14.2. The van der Waals surface area contributed by atoms with E-state index in [1.165, 1.54) is 22.1 Å². The maximum atomic E-state index is 11.8. The van der Waals surface area contributed by atoms with Crippen LogP contribution in [0.5, 0.6) is 5.75 Å². The van der Waals surface area contributed by atoms with Gasteiger partial charge in [0.15, 0.2) is 0 Å². The van der Waals surface area contributed by atoms with Crippen molar-refractivity contribution >= 4 is 10.8 Å². The number of pyridine rings is 1. The average Bonchev–Trinajstić information content (AvgIpc) is 3.45. The zero-order valence-electron chi connectivity index (χ0n) is 24.2. The molecular formula is C39H30N3OPt-. The van der Waals surface area contributed by atoms with Gasteiger partial charge in [0.25, 0.3) is 0 Å². The molecule has 2 heterocycles. The van der Waals surface area contributed by atoms with Crippen LogP contribution >= 0.6 is 0 Å². The summed E-state index contributed by atoms with van der Waals surface area (Å²) in [4.78, 5) is 9.47. The van der Waals surface area contributed by atoms with Crippen molar-refractivity contribution in [2.24, 2.45) is 7.05 Å². The SMILES string of the molecule is Cn1cc(-c2cc(-c3ccccc3)cc(Cc3ccccc3Cc3cncc4ccccc34)c2O)nc1-c1[c-]cccc1.[Pt]. The Hall–Kier alpha value is -4.79. The Bertz CT molecular complexity index is 2050. The van der Waals surface area contributed by atoms with E-state index in [1.807, 2.05) is 84.8 Å². The number of aryl methyl sites for hydroxylation is 1. The molecule has 7 rings (SSSR count). The molecule has 218 valence electrons. The predicted molar refractivity (Wildman–Crippen MR) is 174 cm³/mol. The minimum Gasteiger partial charge on any atom is -0.507 e. The van der Waals surface area contributed by atoms with Crippen LogP contribution < -0.4 is 0 Å². The standard InChI is InChI=1S/C39H30N3O.Pt/c1-42-26-37(41-39(42)28-14-6-3-7-15-28)36-23-32(27-12-4-2-5-13-27)22-33(38(36)43)20-29-16-8-9-17-30(29)21-34-25-40-24-31-18-10-11-19-35(31)34;/h2-14,16-19,22-26,43H,20-21H2,1H3;/q-1;. The van der Waals surface area contributed by atoms with Crippen molar-refractivity contribution in [2.45, 2.75) is 12.8 Å². The summed E-state index contributed by atoms with van der Waals surface area (Å²) in [6.07, 6.45) is 7.20. The van der Waals surface area contributed by atoms with Crippen LogP contribution in [0.3, 0.4) is 0 Å². The third kappa shape index (κ3) is 5.86. The van der Waals surface area contributed by atoms with E-state index in [2.05, 4.69) is 71.7 Å². The first-order chi connectivity index (χ1) is 21.1. The Balaban J connectivity index is 0.00000343. The van der Waals surface area contributed by atoms with Gasteiger partial charge in [-0.1, -0.05) is 78.9 Å². The fourth-order valence-corrected chi connectivity index (χ4v) is 5.83. The summed E-state index contributed by atoms with van der Waals surface area (Å²) in [5.41, 5.74) is 8.91. The average molecular weight is 752 g/mol. The Morgan fingerprint density at radius 3 is 2.18 bits per heavy atom. The number of aromatic hydroxyl groups is 1. The third-order valence-electron chi connectivity index (χ3n) is 8.03. The maximum Gasteiger partial charge on any atom is 0.128 e. The number of fused-ring (bicyclic) bond motifs is 1. The molecule has 5 heteroatoms. The second kappa shape index (κ2) is 12.8. The van der Waals surface area contributed by atoms with Gasteiger partial charge in [0.2, 0.25) is 0 Å². The minimum absolute atomic E-state index is 0. The topological polar surface area (TPSA) is 50.9 Å². The molecule has 0 fully saturated rings. The van der Waals surface area contributed by atoms with Gasteiger partial charge >= 0.3 is 0 Å². The number of imidazole rings is 1. The number of hydrogen-bond acceptors (Lipinski definition) is 3. The molecule has 0 amide bonds. The molecule has 0 atom stereocenters. The molecule has 44 heavy (non-hydrogen) atoms. The summed E-state index contributed by atoms with van der Waals surface area (Å²) in [5.74, 6) is 1.05. The normalized spacial score (nSPS) is 10.9. The third-order valence-corrected chi connectivity index (χ3v) is 8.03. The predicted octanol–water partition coefficient (Wildman–Crippen LogP) is 8.65. The van der Waals surface area contributed by atoms with Gasteiger partial charge in [-0.15, -0.1) is 35.9 Å². The molecule has 7 aromatic rings. The molecule has 0 aliphatic carbocycles. The molecule has 5 aromatic carbocycles. The summed E-state index contributed by atoms with van der Waals surface area (Å²) < 4.78 is 1.99. The summed E-state index contributed by atoms with van der Waals surface area (Å²) >= 11 is 0. The van der Waals surface area contributed by atoms with Crippen LogP contribution in [0, 0.1) is 6.07 Å². The summed E-state index contributed by atoms with van der Waals surface area (Å²) in [6, 6.07) is 42.4. The van der Waals surface area contributed by atoms with Crippen molar-refractivity contribution in [1.82, 2.24) is 14.5 Å². The van der Waals surface area contributed by atoms with Crippen molar-refractivity contribution in [1.29, 1.82) is 0 Å². The molecule has 2 aromatic heterocycles. The number of hydrogen-bond donors (Lipinski definition) is 1. The minimum atomic E-state index is 0. The number of nitrogens with zero attached hydrogens (tertiary/aromatic N) is 3. The van der Waals surface area contributed by atoms with Gasteiger partial charge in [-0.3, -0.25) is 9.97 Å². The second-order valence-corrected chi connectivity index (χ2v) is 10.9. The Morgan fingerprint density at radius 1 is 0.705 bits per heavy atom. The number of phenols is 1. The fraction of sp³-hybridized carbons (Fsp3) is 0.0769. The van der Waals surface area contributed by atoms with Crippen LogP contribution in [-0.4, -0.2) is 19.6 Å². The van der Waals surface area contributed by atoms with Crippen molar-refractivity contribution in [3.05, 3.63) is 162 Å². The Labute approximate surface area is 272 Å². The molecule has 0 radical (unpaired) electrons. The molecule has 0 aliphatic heterocycles. The summed E-state index contributed by atoms with van der Waals surface area (Å²) in [7, 11) is 1.98. The molecule has 4 nitrogen and oxygen atoms in total. The fourth-order valence-electron chi connectivity index (χ4n) is 5.83. The van der Waals surface area contributed by atoms with E-state index in [4.69, 9.17) is 4.98 Å². The molecule has 0 unspecified atom stereocenters. The summed E-state index contributed by atoms with van der Waals surface area (Å²) in [6.45, 7) is 0. The maximum absolute atomic E-state index is 11.8. The number of benzene rings is 5. The molecule has 0 aliphatic rings. The van der Waals surface area contributed by atoms with Crippen molar-refractivity contribution < 1.29 is 26.2 Å². The van der Waals surface area contributed by atoms with Crippen LogP contribution in [0.15, 0.2) is 134 Å². The van der Waals surface area contributed by atoms with Crippen LogP contribution in [0.1, 0.15) is 22.3 Å². The quantitative estimate of drug-likeness (QED) is 0.166. The molecule has 1 N–H and O–H groups in total. The van der Waals surface area contributed by atoms with E-state index in [9.17, 15) is 5.11 Å². The van der Waals surface area contributed by atoms with Gasteiger partial charge in [0, 0.05) is 64.1 Å². The second-order valence-electron chi connectivity index (χ2n) is 10.9. The van der Waals surface area contributed by atoms with E-state index in [0.717, 1.165) is 45.6 Å². The zero-order valence-corrected chi connectivity index (χ0v) is 26.5. The molecule has 0 saturated carbocycles. The van der Waals surface area contributed by atoms with E-state index < -0.39 is 0 Å². The van der Waals surface area contributed by atoms with E-state index in [1.54, 1.807) is 0 Å². The van der Waals surface area contributed by atoms with Gasteiger partial charge in [-0.25, -0.2) is 0 Å². The molecule has 0 bridgehead atoms. The van der Waals surface area contributed by atoms with Crippen molar-refractivity contribution in [2.75, 3.05) is 0 Å². The first-order valence-corrected chi connectivity index (χ1v) is 14.4. The molecular weight excluding hydrogens is 722 g/mol. The van der Waals surface area contributed by atoms with Crippen LogP contribution in [0.25, 0.3) is 44.5 Å². The largest absolute Gasteiger partial charge is 0.507 e. The molecule has 0 saturated heterocycles. The van der Waals surface area contributed by atoms with Crippen LogP contribution in [0.2, 0.25) is 0 Å². The van der Waals surface area contributed by atoms with Crippen LogP contribution in [-0.2, 0) is 41.0 Å². The van der Waals surface area contributed by atoms with Gasteiger partial charge in [-0.05, 0) is 57.3 Å². The van der Waals surface area contributed by atoms with E-state index in [-0.39, 0.29) is 26.8 Å². The number of phenolic OH excluding ortho intramolecular Hbond substituents is 1. The van der Waals surface area contributed by atoms with Gasteiger partial charge < -0.3 is 9.67 Å². The monoisotopic (exact) mass is 751 g/mol. The van der Waals surface area contributed by atoms with Gasteiger partial charge in [-0.2, -0.15) is 0 Å². The van der Waals surface area contributed by atoms with Crippen LogP contribution in [0.4, 0.5) is 0 Å². The first kappa shape index (κ1) is 29.3. The van der Waals surface area contributed by atoms with E-state index in [0.29, 0.717) is 12.0 Å².